The Balaban J connectivity index is 1.83. The fourth-order valence-electron chi connectivity index (χ4n) is 2.28. The minimum Gasteiger partial charge on any atom is -0.504 e. The van der Waals surface area contributed by atoms with Crippen molar-refractivity contribution in [3.05, 3.63) is 23.8 Å². The van der Waals surface area contributed by atoms with E-state index in [2.05, 4.69) is 15.8 Å². The second-order valence-electron chi connectivity index (χ2n) is 4.89. The summed E-state index contributed by atoms with van der Waals surface area (Å²) in [4.78, 5) is 0. The van der Waals surface area contributed by atoms with Crippen molar-refractivity contribution >= 4 is 23.5 Å². The van der Waals surface area contributed by atoms with Gasteiger partial charge in [-0.2, -0.15) is 5.10 Å². The second kappa shape index (κ2) is 7.09. The molecule has 0 saturated heterocycles. The molecular formula is C14H19N3O2S. The Labute approximate surface area is 123 Å². The van der Waals surface area contributed by atoms with Gasteiger partial charge in [-0.05, 0) is 37.2 Å². The molecule has 5 nitrogen and oxygen atoms in total. The molecule has 0 atom stereocenters. The molecule has 1 aromatic carbocycles. The van der Waals surface area contributed by atoms with E-state index >= 15 is 0 Å². The van der Waals surface area contributed by atoms with Crippen LogP contribution in [0.4, 0.5) is 0 Å². The first-order valence-electron chi connectivity index (χ1n) is 6.77. The van der Waals surface area contributed by atoms with Crippen LogP contribution >= 0.6 is 12.2 Å². The number of hydrazone groups is 1. The molecular weight excluding hydrogens is 274 g/mol. The van der Waals surface area contributed by atoms with Crippen LogP contribution in [0.25, 0.3) is 0 Å². The van der Waals surface area contributed by atoms with Crippen molar-refractivity contribution in [2.75, 3.05) is 0 Å². The number of nitrogens with zero attached hydrogens (tertiary/aromatic N) is 1. The first kappa shape index (κ1) is 14.6. The Kier molecular flexibility index (Phi) is 5.17. The monoisotopic (exact) mass is 293 g/mol. The average Bonchev–Trinajstić information content (AvgIpc) is 2.44. The molecule has 20 heavy (non-hydrogen) atoms. The van der Waals surface area contributed by atoms with Gasteiger partial charge in [0.2, 0.25) is 0 Å². The van der Waals surface area contributed by atoms with Crippen LogP contribution in [0.2, 0.25) is 0 Å². The van der Waals surface area contributed by atoms with Gasteiger partial charge in [0.25, 0.3) is 0 Å². The summed E-state index contributed by atoms with van der Waals surface area (Å²) in [6.45, 7) is 0. The number of phenolic OH excluding ortho intramolecular Hbond substituents is 2. The van der Waals surface area contributed by atoms with Gasteiger partial charge in [0.05, 0.1) is 6.21 Å². The van der Waals surface area contributed by atoms with Crippen molar-refractivity contribution in [2.24, 2.45) is 5.10 Å². The lowest BCUT2D eigenvalue weighted by Crippen LogP contribution is -2.40. The lowest BCUT2D eigenvalue weighted by Gasteiger charge is -2.23. The summed E-state index contributed by atoms with van der Waals surface area (Å²) < 4.78 is 0. The lowest BCUT2D eigenvalue weighted by atomic mass is 9.96. The average molecular weight is 293 g/mol. The van der Waals surface area contributed by atoms with Gasteiger partial charge in [0.1, 0.15) is 0 Å². The molecule has 6 heteroatoms. The number of rotatable bonds is 3. The second-order valence-corrected chi connectivity index (χ2v) is 5.30. The fraction of sp³-hybridized carbons (Fsp3) is 0.429. The molecule has 2 rings (SSSR count). The molecule has 0 aliphatic heterocycles. The van der Waals surface area contributed by atoms with Crippen LogP contribution < -0.4 is 10.7 Å². The number of thiocarbonyl (C=S) groups is 1. The molecule has 0 radical (unpaired) electrons. The van der Waals surface area contributed by atoms with Gasteiger partial charge in [-0.1, -0.05) is 25.3 Å². The molecule has 0 amide bonds. The van der Waals surface area contributed by atoms with Crippen molar-refractivity contribution in [3.8, 4) is 11.5 Å². The number of benzene rings is 1. The van der Waals surface area contributed by atoms with Crippen molar-refractivity contribution in [2.45, 2.75) is 38.1 Å². The molecule has 0 heterocycles. The summed E-state index contributed by atoms with van der Waals surface area (Å²) in [5.74, 6) is -0.360. The minimum absolute atomic E-state index is 0.170. The van der Waals surface area contributed by atoms with Gasteiger partial charge in [-0.15, -0.1) is 0 Å². The van der Waals surface area contributed by atoms with Crippen molar-refractivity contribution < 1.29 is 10.2 Å². The Morgan fingerprint density at radius 2 is 2.00 bits per heavy atom. The highest BCUT2D eigenvalue weighted by atomic mass is 32.1. The summed E-state index contributed by atoms with van der Waals surface area (Å²) in [6.07, 6.45) is 7.47. The van der Waals surface area contributed by atoms with E-state index in [0.29, 0.717) is 16.7 Å². The predicted molar refractivity (Wildman–Crippen MR) is 83.1 cm³/mol. The molecule has 4 N–H and O–H groups in total. The van der Waals surface area contributed by atoms with Crippen LogP contribution in [-0.4, -0.2) is 27.6 Å². The molecule has 0 spiro atoms. The molecule has 1 aromatic rings. The Morgan fingerprint density at radius 1 is 1.25 bits per heavy atom. The number of hydrogen-bond donors (Lipinski definition) is 4. The van der Waals surface area contributed by atoms with Crippen molar-refractivity contribution in [3.63, 3.8) is 0 Å². The zero-order valence-corrected chi connectivity index (χ0v) is 12.0. The summed E-state index contributed by atoms with van der Waals surface area (Å²) >= 11 is 5.16. The van der Waals surface area contributed by atoms with Gasteiger partial charge in [0, 0.05) is 11.6 Å². The smallest absolute Gasteiger partial charge is 0.187 e. The molecule has 1 aliphatic rings. The van der Waals surface area contributed by atoms with Crippen molar-refractivity contribution in [1.29, 1.82) is 0 Å². The Morgan fingerprint density at radius 3 is 2.75 bits per heavy atom. The SMILES string of the molecule is Oc1cccc(/C=N/NC(=S)NC2CCCCC2)c1O. The third kappa shape index (κ3) is 4.09. The van der Waals surface area contributed by atoms with E-state index < -0.39 is 0 Å². The first-order valence-corrected chi connectivity index (χ1v) is 7.18. The quantitative estimate of drug-likeness (QED) is 0.297. The third-order valence-electron chi connectivity index (χ3n) is 3.36. The number of aromatic hydroxyl groups is 2. The zero-order chi connectivity index (χ0) is 14.4. The molecule has 0 unspecified atom stereocenters. The maximum absolute atomic E-state index is 9.61. The number of hydrogen-bond acceptors (Lipinski definition) is 4. The topological polar surface area (TPSA) is 76.9 Å². The number of nitrogens with one attached hydrogen (secondary N) is 2. The van der Waals surface area contributed by atoms with E-state index in [-0.39, 0.29) is 11.5 Å². The minimum atomic E-state index is -0.191. The van der Waals surface area contributed by atoms with E-state index in [0.717, 1.165) is 12.8 Å². The predicted octanol–water partition coefficient (Wildman–Crippen LogP) is 2.23. The van der Waals surface area contributed by atoms with E-state index in [4.69, 9.17) is 12.2 Å². The number of phenols is 2. The maximum Gasteiger partial charge on any atom is 0.187 e. The molecule has 0 bridgehead atoms. The first-order chi connectivity index (χ1) is 9.66. The van der Waals surface area contributed by atoms with E-state index in [1.54, 1.807) is 12.1 Å². The summed E-state index contributed by atoms with van der Waals surface area (Å²) in [7, 11) is 0. The van der Waals surface area contributed by atoms with Crippen LogP contribution in [0.15, 0.2) is 23.3 Å². The zero-order valence-electron chi connectivity index (χ0n) is 11.2. The molecule has 1 fully saturated rings. The van der Waals surface area contributed by atoms with E-state index in [1.807, 2.05) is 0 Å². The molecule has 1 saturated carbocycles. The van der Waals surface area contributed by atoms with Crippen LogP contribution in [0.3, 0.4) is 0 Å². The molecule has 108 valence electrons. The van der Waals surface area contributed by atoms with Gasteiger partial charge in [0.15, 0.2) is 16.6 Å². The van der Waals surface area contributed by atoms with Gasteiger partial charge < -0.3 is 15.5 Å². The summed E-state index contributed by atoms with van der Waals surface area (Å²) in [5, 5.41) is 26.6. The van der Waals surface area contributed by atoms with Crippen LogP contribution in [0.1, 0.15) is 37.7 Å². The largest absolute Gasteiger partial charge is 0.504 e. The fourth-order valence-corrected chi connectivity index (χ4v) is 2.50. The van der Waals surface area contributed by atoms with Crippen LogP contribution in [0.5, 0.6) is 11.5 Å². The van der Waals surface area contributed by atoms with Gasteiger partial charge >= 0.3 is 0 Å². The standard InChI is InChI=1S/C14H19N3O2S/c18-12-8-4-5-10(13(12)19)9-15-17-14(20)16-11-6-2-1-3-7-11/h4-5,8-9,11,18-19H,1-3,6-7H2,(H2,16,17,20)/b15-9+. The van der Waals surface area contributed by atoms with Crippen LogP contribution in [0, 0.1) is 0 Å². The molecule has 1 aliphatic carbocycles. The summed E-state index contributed by atoms with van der Waals surface area (Å²) in [6, 6.07) is 5.12. The Bertz CT molecular complexity index is 499. The number of para-hydroxylation sites is 1. The maximum atomic E-state index is 9.61. The van der Waals surface area contributed by atoms with Gasteiger partial charge in [-0.3, -0.25) is 5.43 Å². The van der Waals surface area contributed by atoms with Gasteiger partial charge in [-0.25, -0.2) is 0 Å². The highest BCUT2D eigenvalue weighted by Gasteiger charge is 2.13. The van der Waals surface area contributed by atoms with Crippen molar-refractivity contribution in [1.82, 2.24) is 10.7 Å². The normalized spacial score (nSPS) is 16.2. The highest BCUT2D eigenvalue weighted by Crippen LogP contribution is 2.26. The molecule has 0 aromatic heterocycles. The van der Waals surface area contributed by atoms with Crippen LogP contribution in [-0.2, 0) is 0 Å². The third-order valence-corrected chi connectivity index (χ3v) is 3.57. The summed E-state index contributed by atoms with van der Waals surface area (Å²) in [5.41, 5.74) is 3.15. The Hall–Kier alpha value is -1.82. The highest BCUT2D eigenvalue weighted by molar-refractivity contribution is 7.80. The van der Waals surface area contributed by atoms with E-state index in [9.17, 15) is 10.2 Å². The lowest BCUT2D eigenvalue weighted by molar-refractivity contribution is 0.403. The van der Waals surface area contributed by atoms with E-state index in [1.165, 1.54) is 31.5 Å².